The molecule has 0 aromatic carbocycles. The summed E-state index contributed by atoms with van der Waals surface area (Å²) < 4.78 is 0. The van der Waals surface area contributed by atoms with E-state index in [2.05, 4.69) is 10.6 Å². The van der Waals surface area contributed by atoms with E-state index in [1.807, 2.05) is 27.0 Å². The van der Waals surface area contributed by atoms with Crippen molar-refractivity contribution >= 4 is 23.8 Å². The molecule has 0 spiro atoms. The lowest BCUT2D eigenvalue weighted by atomic mass is 9.90. The van der Waals surface area contributed by atoms with Gasteiger partial charge in [-0.05, 0) is 37.7 Å². The van der Waals surface area contributed by atoms with Crippen LogP contribution in [0, 0.1) is 0 Å². The summed E-state index contributed by atoms with van der Waals surface area (Å²) in [4.78, 5) is 23.0. The van der Waals surface area contributed by atoms with Gasteiger partial charge in [-0.2, -0.15) is 11.8 Å². The summed E-state index contributed by atoms with van der Waals surface area (Å²) in [6.07, 6.45) is 4.83. The molecular formula is C13H26N2O3S. The average molecular weight is 290 g/mol. The van der Waals surface area contributed by atoms with E-state index in [1.165, 1.54) is 0 Å². The van der Waals surface area contributed by atoms with E-state index in [-0.39, 0.29) is 11.6 Å². The Morgan fingerprint density at radius 2 is 1.74 bits per heavy atom. The molecule has 0 heterocycles. The molecule has 0 fully saturated rings. The van der Waals surface area contributed by atoms with Crippen LogP contribution in [0.3, 0.4) is 0 Å². The number of rotatable bonds is 9. The smallest absolute Gasteiger partial charge is 0.326 e. The summed E-state index contributed by atoms with van der Waals surface area (Å²) in [6, 6.07) is -1.21. The third kappa shape index (κ3) is 6.18. The van der Waals surface area contributed by atoms with Gasteiger partial charge >= 0.3 is 12.0 Å². The second-order valence-corrected chi connectivity index (χ2v) is 5.60. The predicted molar refractivity (Wildman–Crippen MR) is 79.7 cm³/mol. The summed E-state index contributed by atoms with van der Waals surface area (Å²) in [7, 11) is 0. The summed E-state index contributed by atoms with van der Waals surface area (Å²) >= 11 is 1.57. The van der Waals surface area contributed by atoms with Crippen LogP contribution in [0.1, 0.15) is 46.5 Å². The topological polar surface area (TPSA) is 78.4 Å². The van der Waals surface area contributed by atoms with Crippen LogP contribution in [0.25, 0.3) is 0 Å². The van der Waals surface area contributed by atoms with Gasteiger partial charge in [-0.1, -0.05) is 20.8 Å². The van der Waals surface area contributed by atoms with Crippen LogP contribution >= 0.6 is 11.8 Å². The van der Waals surface area contributed by atoms with Gasteiger partial charge in [0.1, 0.15) is 6.04 Å². The third-order valence-corrected chi connectivity index (χ3v) is 4.27. The Hall–Kier alpha value is -0.910. The van der Waals surface area contributed by atoms with Crippen LogP contribution in [0.4, 0.5) is 4.79 Å². The van der Waals surface area contributed by atoms with Gasteiger partial charge in [0.05, 0.1) is 0 Å². The fourth-order valence-electron chi connectivity index (χ4n) is 1.94. The highest BCUT2D eigenvalue weighted by Gasteiger charge is 2.27. The Morgan fingerprint density at radius 3 is 2.11 bits per heavy atom. The van der Waals surface area contributed by atoms with Gasteiger partial charge in [0, 0.05) is 5.54 Å². The van der Waals surface area contributed by atoms with E-state index in [1.54, 1.807) is 11.8 Å². The lowest BCUT2D eigenvalue weighted by molar-refractivity contribution is -0.139. The Morgan fingerprint density at radius 1 is 1.21 bits per heavy atom. The summed E-state index contributed by atoms with van der Waals surface area (Å²) in [5.41, 5.74) is -0.243. The first-order chi connectivity index (χ1) is 8.94. The number of carboxylic acids is 1. The van der Waals surface area contributed by atoms with Crippen LogP contribution < -0.4 is 10.6 Å². The molecule has 6 heteroatoms. The number of carbonyl (C=O) groups is 2. The number of carboxylic acid groups (broad SMARTS) is 1. The van der Waals surface area contributed by atoms with Crippen molar-refractivity contribution in [3.05, 3.63) is 0 Å². The van der Waals surface area contributed by atoms with E-state index in [9.17, 15) is 9.59 Å². The molecular weight excluding hydrogens is 264 g/mol. The zero-order chi connectivity index (χ0) is 14.9. The summed E-state index contributed by atoms with van der Waals surface area (Å²) in [5.74, 6) is -0.281. The lowest BCUT2D eigenvalue weighted by Crippen LogP contribution is -2.54. The van der Waals surface area contributed by atoms with Crippen molar-refractivity contribution in [2.75, 3.05) is 12.0 Å². The maximum Gasteiger partial charge on any atom is 0.326 e. The van der Waals surface area contributed by atoms with Gasteiger partial charge in [-0.25, -0.2) is 9.59 Å². The molecule has 0 unspecified atom stereocenters. The molecule has 0 aliphatic rings. The molecule has 5 nitrogen and oxygen atoms in total. The molecule has 0 radical (unpaired) electrons. The van der Waals surface area contributed by atoms with Crippen molar-refractivity contribution in [1.29, 1.82) is 0 Å². The molecule has 0 saturated heterocycles. The first kappa shape index (κ1) is 18.1. The van der Waals surface area contributed by atoms with E-state index < -0.39 is 12.0 Å². The van der Waals surface area contributed by atoms with Gasteiger partial charge in [0.25, 0.3) is 0 Å². The number of hydrogen-bond acceptors (Lipinski definition) is 3. The molecule has 3 N–H and O–H groups in total. The Balaban J connectivity index is 4.51. The van der Waals surface area contributed by atoms with Crippen LogP contribution in [0.5, 0.6) is 0 Å². The van der Waals surface area contributed by atoms with E-state index >= 15 is 0 Å². The van der Waals surface area contributed by atoms with E-state index in [0.717, 1.165) is 19.3 Å². The number of hydrogen-bond donors (Lipinski definition) is 3. The normalized spacial score (nSPS) is 12.8. The van der Waals surface area contributed by atoms with Crippen LogP contribution in [-0.4, -0.2) is 40.7 Å². The minimum Gasteiger partial charge on any atom is -0.480 e. The highest BCUT2D eigenvalue weighted by Crippen LogP contribution is 2.18. The number of thioether (sulfide) groups is 1. The molecule has 1 atom stereocenters. The predicted octanol–water partition coefficient (Wildman–Crippen LogP) is 2.46. The van der Waals surface area contributed by atoms with Gasteiger partial charge in [0.2, 0.25) is 0 Å². The first-order valence-corrected chi connectivity index (χ1v) is 8.14. The standard InChI is InChI=1S/C13H26N2O3S/c1-5-13(6-2,7-3)15-12(18)14-10(11(16)17)8-9-19-4/h10H,5-9H2,1-4H3,(H,16,17)(H2,14,15,18)/t10-/m0/s1. The molecule has 0 saturated carbocycles. The minimum atomic E-state index is -0.987. The molecule has 0 rings (SSSR count). The maximum atomic E-state index is 11.9. The second-order valence-electron chi connectivity index (χ2n) is 4.61. The van der Waals surface area contributed by atoms with E-state index in [4.69, 9.17) is 5.11 Å². The molecule has 0 aromatic rings. The quantitative estimate of drug-likeness (QED) is 0.609. The summed E-state index contributed by atoms with van der Waals surface area (Å²) in [6.45, 7) is 6.07. The zero-order valence-corrected chi connectivity index (χ0v) is 13.1. The monoisotopic (exact) mass is 290 g/mol. The maximum absolute atomic E-state index is 11.9. The van der Waals surface area contributed by atoms with Crippen molar-refractivity contribution < 1.29 is 14.7 Å². The van der Waals surface area contributed by atoms with Crippen molar-refractivity contribution in [3.8, 4) is 0 Å². The summed E-state index contributed by atoms with van der Waals surface area (Å²) in [5, 5.41) is 14.5. The molecule has 0 aliphatic carbocycles. The van der Waals surface area contributed by atoms with Crippen molar-refractivity contribution in [2.24, 2.45) is 0 Å². The van der Waals surface area contributed by atoms with Gasteiger partial charge in [-0.3, -0.25) is 0 Å². The molecule has 2 amide bonds. The SMILES string of the molecule is CCC(CC)(CC)NC(=O)N[C@@H](CCSC)C(=O)O. The highest BCUT2D eigenvalue weighted by atomic mass is 32.2. The molecule has 0 aliphatic heterocycles. The van der Waals surface area contributed by atoms with Crippen molar-refractivity contribution in [3.63, 3.8) is 0 Å². The fraction of sp³-hybridized carbons (Fsp3) is 0.846. The highest BCUT2D eigenvalue weighted by molar-refractivity contribution is 7.98. The fourth-order valence-corrected chi connectivity index (χ4v) is 2.41. The van der Waals surface area contributed by atoms with Crippen LogP contribution in [0.2, 0.25) is 0 Å². The molecule has 0 bridgehead atoms. The largest absolute Gasteiger partial charge is 0.480 e. The first-order valence-electron chi connectivity index (χ1n) is 6.75. The number of carbonyl (C=O) groups excluding carboxylic acids is 1. The molecule has 19 heavy (non-hydrogen) atoms. The lowest BCUT2D eigenvalue weighted by Gasteiger charge is -2.32. The van der Waals surface area contributed by atoms with Gasteiger partial charge in [0.15, 0.2) is 0 Å². The number of urea groups is 1. The Bertz CT molecular complexity index is 285. The second kappa shape index (κ2) is 9.07. The van der Waals surface area contributed by atoms with Crippen molar-refractivity contribution in [1.82, 2.24) is 10.6 Å². The number of aliphatic carboxylic acids is 1. The van der Waals surface area contributed by atoms with Gasteiger partial charge < -0.3 is 15.7 Å². The third-order valence-electron chi connectivity index (χ3n) is 3.62. The van der Waals surface area contributed by atoms with E-state index in [0.29, 0.717) is 12.2 Å². The minimum absolute atomic E-state index is 0.243. The van der Waals surface area contributed by atoms with Crippen molar-refractivity contribution in [2.45, 2.75) is 58.0 Å². The Kier molecular flexibility index (Phi) is 8.63. The molecule has 112 valence electrons. The Labute approximate surface area is 119 Å². The average Bonchev–Trinajstić information content (AvgIpc) is 2.40. The number of amides is 2. The molecule has 0 aromatic heterocycles. The van der Waals surface area contributed by atoms with Gasteiger partial charge in [-0.15, -0.1) is 0 Å². The van der Waals surface area contributed by atoms with Crippen LogP contribution in [0.15, 0.2) is 0 Å². The van der Waals surface area contributed by atoms with Crippen LogP contribution in [-0.2, 0) is 4.79 Å². The number of nitrogens with one attached hydrogen (secondary N) is 2. The zero-order valence-electron chi connectivity index (χ0n) is 12.3.